The van der Waals surface area contributed by atoms with Crippen LogP contribution >= 0.6 is 0 Å². The fourth-order valence-corrected chi connectivity index (χ4v) is 3.82. The molecular formula is C25H28N4O. The molecule has 4 rings (SSSR count). The SMILES string of the molecule is CCN1CCCN(C(=O)C=Cc2cn(-c3ccccc3)nc2-c2ccccc2)CC1. The smallest absolute Gasteiger partial charge is 0.246 e. The molecule has 2 heterocycles. The van der Waals surface area contributed by atoms with Crippen LogP contribution in [0.3, 0.4) is 0 Å². The van der Waals surface area contributed by atoms with E-state index in [1.807, 2.05) is 82.5 Å². The number of likely N-dealkylation sites (N-methyl/N-ethyl adjacent to an activating group) is 1. The second kappa shape index (κ2) is 9.55. The van der Waals surface area contributed by atoms with Gasteiger partial charge in [-0.25, -0.2) is 4.68 Å². The molecule has 1 aliphatic heterocycles. The third kappa shape index (κ3) is 4.69. The Morgan fingerprint density at radius 1 is 0.967 bits per heavy atom. The van der Waals surface area contributed by atoms with Crippen LogP contribution in [0.15, 0.2) is 72.9 Å². The molecule has 2 aromatic carbocycles. The summed E-state index contributed by atoms with van der Waals surface area (Å²) in [4.78, 5) is 17.2. The van der Waals surface area contributed by atoms with Crippen molar-refractivity contribution in [3.8, 4) is 16.9 Å². The Bertz CT molecular complexity index is 995. The molecule has 1 saturated heterocycles. The van der Waals surface area contributed by atoms with Gasteiger partial charge in [-0.2, -0.15) is 5.10 Å². The quantitative estimate of drug-likeness (QED) is 0.606. The second-order valence-corrected chi connectivity index (χ2v) is 7.53. The van der Waals surface area contributed by atoms with Gasteiger partial charge in [0.15, 0.2) is 0 Å². The van der Waals surface area contributed by atoms with Crippen LogP contribution < -0.4 is 0 Å². The number of amides is 1. The van der Waals surface area contributed by atoms with Gasteiger partial charge < -0.3 is 9.80 Å². The molecule has 0 atom stereocenters. The molecular weight excluding hydrogens is 372 g/mol. The number of carbonyl (C=O) groups excluding carboxylic acids is 1. The highest BCUT2D eigenvalue weighted by Crippen LogP contribution is 2.24. The van der Waals surface area contributed by atoms with E-state index in [9.17, 15) is 4.79 Å². The molecule has 5 heteroatoms. The van der Waals surface area contributed by atoms with Crippen molar-refractivity contribution in [1.82, 2.24) is 19.6 Å². The lowest BCUT2D eigenvalue weighted by Gasteiger charge is -2.19. The number of rotatable bonds is 5. The molecule has 0 aliphatic carbocycles. The summed E-state index contributed by atoms with van der Waals surface area (Å²) >= 11 is 0. The van der Waals surface area contributed by atoms with Gasteiger partial charge in [0.25, 0.3) is 0 Å². The molecule has 5 nitrogen and oxygen atoms in total. The lowest BCUT2D eigenvalue weighted by molar-refractivity contribution is -0.125. The van der Waals surface area contributed by atoms with Gasteiger partial charge in [-0.1, -0.05) is 55.5 Å². The Labute approximate surface area is 178 Å². The van der Waals surface area contributed by atoms with E-state index in [1.165, 1.54) is 0 Å². The van der Waals surface area contributed by atoms with Crippen molar-refractivity contribution in [3.05, 3.63) is 78.5 Å². The largest absolute Gasteiger partial charge is 0.338 e. The van der Waals surface area contributed by atoms with E-state index in [0.29, 0.717) is 0 Å². The highest BCUT2D eigenvalue weighted by Gasteiger charge is 2.17. The molecule has 0 spiro atoms. The van der Waals surface area contributed by atoms with Gasteiger partial charge in [0.2, 0.25) is 5.91 Å². The summed E-state index contributed by atoms with van der Waals surface area (Å²) in [6.07, 6.45) is 6.61. The van der Waals surface area contributed by atoms with E-state index >= 15 is 0 Å². The molecule has 0 unspecified atom stereocenters. The van der Waals surface area contributed by atoms with E-state index in [2.05, 4.69) is 11.8 Å². The van der Waals surface area contributed by atoms with Gasteiger partial charge in [-0.15, -0.1) is 0 Å². The van der Waals surface area contributed by atoms with Gasteiger partial charge in [0.1, 0.15) is 0 Å². The summed E-state index contributed by atoms with van der Waals surface area (Å²) in [5.74, 6) is 0.0689. The van der Waals surface area contributed by atoms with Crippen LogP contribution in [0.1, 0.15) is 18.9 Å². The van der Waals surface area contributed by atoms with Crippen molar-refractivity contribution in [3.63, 3.8) is 0 Å². The molecule has 1 aliphatic rings. The second-order valence-electron chi connectivity index (χ2n) is 7.53. The zero-order valence-corrected chi connectivity index (χ0v) is 17.4. The highest BCUT2D eigenvalue weighted by molar-refractivity contribution is 5.93. The van der Waals surface area contributed by atoms with Gasteiger partial charge in [-0.3, -0.25) is 4.79 Å². The number of hydrogen-bond donors (Lipinski definition) is 0. The summed E-state index contributed by atoms with van der Waals surface area (Å²) in [7, 11) is 0. The first kappa shape index (κ1) is 20.1. The van der Waals surface area contributed by atoms with Crippen LogP contribution in [-0.2, 0) is 4.79 Å². The molecule has 0 N–H and O–H groups in total. The maximum absolute atomic E-state index is 12.8. The zero-order valence-electron chi connectivity index (χ0n) is 17.4. The molecule has 0 bridgehead atoms. The standard InChI is InChI=1S/C25H28N4O/c1-2-27-16-9-17-28(19-18-27)24(30)15-14-22-20-29(23-12-7-4-8-13-23)26-25(22)21-10-5-3-6-11-21/h3-8,10-15,20H,2,9,16-19H2,1H3. The highest BCUT2D eigenvalue weighted by atomic mass is 16.2. The number of para-hydroxylation sites is 1. The topological polar surface area (TPSA) is 41.4 Å². The van der Waals surface area contributed by atoms with Crippen molar-refractivity contribution in [2.24, 2.45) is 0 Å². The first-order chi connectivity index (χ1) is 14.7. The first-order valence-electron chi connectivity index (χ1n) is 10.6. The van der Waals surface area contributed by atoms with Crippen LogP contribution in [-0.4, -0.2) is 58.2 Å². The van der Waals surface area contributed by atoms with E-state index in [0.717, 1.165) is 61.7 Å². The summed E-state index contributed by atoms with van der Waals surface area (Å²) < 4.78 is 1.87. The number of nitrogens with zero attached hydrogens (tertiary/aromatic N) is 4. The van der Waals surface area contributed by atoms with E-state index in [4.69, 9.17) is 5.10 Å². The summed E-state index contributed by atoms with van der Waals surface area (Å²) in [6, 6.07) is 20.1. The molecule has 154 valence electrons. The molecule has 1 aromatic heterocycles. The Morgan fingerprint density at radius 3 is 2.43 bits per heavy atom. The fourth-order valence-electron chi connectivity index (χ4n) is 3.82. The molecule has 0 saturated carbocycles. The lowest BCUT2D eigenvalue weighted by Crippen LogP contribution is -2.34. The fraction of sp³-hybridized carbons (Fsp3) is 0.280. The van der Waals surface area contributed by atoms with E-state index < -0.39 is 0 Å². The van der Waals surface area contributed by atoms with Crippen LogP contribution in [0, 0.1) is 0 Å². The molecule has 30 heavy (non-hydrogen) atoms. The predicted octanol–water partition coefficient (Wildman–Crippen LogP) is 4.11. The minimum absolute atomic E-state index is 0.0689. The zero-order chi connectivity index (χ0) is 20.8. The minimum Gasteiger partial charge on any atom is -0.338 e. The van der Waals surface area contributed by atoms with E-state index in [1.54, 1.807) is 6.08 Å². The van der Waals surface area contributed by atoms with Crippen LogP contribution in [0.4, 0.5) is 0 Å². The molecule has 3 aromatic rings. The molecule has 1 fully saturated rings. The number of carbonyl (C=O) groups is 1. The number of aromatic nitrogens is 2. The average Bonchev–Trinajstić information content (AvgIpc) is 3.08. The Kier molecular flexibility index (Phi) is 6.40. The Hall–Kier alpha value is -3.18. The third-order valence-electron chi connectivity index (χ3n) is 5.56. The normalized spacial score (nSPS) is 15.4. The first-order valence-corrected chi connectivity index (χ1v) is 10.6. The molecule has 0 radical (unpaired) electrons. The number of hydrogen-bond acceptors (Lipinski definition) is 3. The van der Waals surface area contributed by atoms with Crippen LogP contribution in [0.25, 0.3) is 23.0 Å². The van der Waals surface area contributed by atoms with Gasteiger partial charge in [-0.05, 0) is 37.7 Å². The average molecular weight is 401 g/mol. The monoisotopic (exact) mass is 400 g/mol. The van der Waals surface area contributed by atoms with Gasteiger partial charge >= 0.3 is 0 Å². The summed E-state index contributed by atoms with van der Waals surface area (Å²) in [5, 5.41) is 4.81. The van der Waals surface area contributed by atoms with Crippen LogP contribution in [0.2, 0.25) is 0 Å². The van der Waals surface area contributed by atoms with Crippen molar-refractivity contribution in [1.29, 1.82) is 0 Å². The maximum Gasteiger partial charge on any atom is 0.246 e. The van der Waals surface area contributed by atoms with E-state index in [-0.39, 0.29) is 5.91 Å². The van der Waals surface area contributed by atoms with Gasteiger partial charge in [0, 0.05) is 43.0 Å². The summed E-state index contributed by atoms with van der Waals surface area (Å²) in [6.45, 7) is 6.81. The van der Waals surface area contributed by atoms with Gasteiger partial charge in [0.05, 0.1) is 11.4 Å². The summed E-state index contributed by atoms with van der Waals surface area (Å²) in [5.41, 5.74) is 3.83. The van der Waals surface area contributed by atoms with Crippen molar-refractivity contribution in [2.75, 3.05) is 32.7 Å². The van der Waals surface area contributed by atoms with Crippen molar-refractivity contribution >= 4 is 12.0 Å². The Balaban J connectivity index is 1.59. The minimum atomic E-state index is 0.0689. The van der Waals surface area contributed by atoms with Crippen LogP contribution in [0.5, 0.6) is 0 Å². The number of benzene rings is 2. The van der Waals surface area contributed by atoms with Crippen molar-refractivity contribution < 1.29 is 4.79 Å². The molecule has 1 amide bonds. The predicted molar refractivity (Wildman–Crippen MR) is 121 cm³/mol. The lowest BCUT2D eigenvalue weighted by atomic mass is 10.1. The van der Waals surface area contributed by atoms with Crippen molar-refractivity contribution in [2.45, 2.75) is 13.3 Å². The Morgan fingerprint density at radius 2 is 1.70 bits per heavy atom. The third-order valence-corrected chi connectivity index (χ3v) is 5.56. The maximum atomic E-state index is 12.8.